The predicted molar refractivity (Wildman–Crippen MR) is 94.5 cm³/mol. The molecule has 5 N–H and O–H groups in total. The van der Waals surface area contributed by atoms with Gasteiger partial charge >= 0.3 is 0 Å². The summed E-state index contributed by atoms with van der Waals surface area (Å²) in [6, 6.07) is 8.92. The number of amides is 1. The molecule has 0 saturated heterocycles. The van der Waals surface area contributed by atoms with Gasteiger partial charge in [0.05, 0.1) is 10.7 Å². The number of phenolic OH excluding ortho intramolecular Hbond substituents is 1. The van der Waals surface area contributed by atoms with E-state index in [1.807, 2.05) is 0 Å². The van der Waals surface area contributed by atoms with Gasteiger partial charge in [0.25, 0.3) is 0 Å². The molecule has 0 aromatic heterocycles. The molecule has 7 nitrogen and oxygen atoms in total. The van der Waals surface area contributed by atoms with E-state index in [9.17, 15) is 14.3 Å². The summed E-state index contributed by atoms with van der Waals surface area (Å²) in [6.45, 7) is -0.0198. The third-order valence-corrected chi connectivity index (χ3v) is 3.22. The van der Waals surface area contributed by atoms with Crippen LogP contribution in [0.2, 0.25) is 5.02 Å². The maximum atomic E-state index is 13.8. The Balaban J connectivity index is 0.000000550. The highest BCUT2D eigenvalue weighted by atomic mass is 35.5. The fourth-order valence-corrected chi connectivity index (χ4v) is 2.01. The molecule has 0 bridgehead atoms. The SMILES string of the molecule is CN(N)C=O.CN(N)c1cccc(F)c1COc1ccc(O)cc1Cl. The monoisotopic (exact) mass is 370 g/mol. The molecule has 0 unspecified atom stereocenters. The van der Waals surface area contributed by atoms with Gasteiger partial charge < -0.3 is 14.9 Å². The van der Waals surface area contributed by atoms with Gasteiger partial charge in [0, 0.05) is 25.7 Å². The number of benzene rings is 2. The lowest BCUT2D eigenvalue weighted by molar-refractivity contribution is -0.117. The van der Waals surface area contributed by atoms with Crippen LogP contribution in [0.15, 0.2) is 36.4 Å². The Morgan fingerprint density at radius 2 is 1.92 bits per heavy atom. The Kier molecular flexibility index (Phi) is 7.93. The van der Waals surface area contributed by atoms with Crippen molar-refractivity contribution >= 4 is 23.7 Å². The molecule has 9 heteroatoms. The zero-order valence-electron chi connectivity index (χ0n) is 13.8. The molecule has 0 saturated carbocycles. The normalized spacial score (nSPS) is 9.68. The molecule has 2 aromatic carbocycles. The van der Waals surface area contributed by atoms with Gasteiger partial charge in [0.2, 0.25) is 6.41 Å². The Hall–Kier alpha value is -2.55. The van der Waals surface area contributed by atoms with Crippen molar-refractivity contribution in [3.8, 4) is 11.5 Å². The molecule has 0 atom stereocenters. The summed E-state index contributed by atoms with van der Waals surface area (Å²) in [5.74, 6) is 10.4. The van der Waals surface area contributed by atoms with Gasteiger partial charge in [0.15, 0.2) is 0 Å². The number of nitrogens with two attached hydrogens (primary N) is 2. The second kappa shape index (κ2) is 9.67. The van der Waals surface area contributed by atoms with E-state index < -0.39 is 5.82 Å². The van der Waals surface area contributed by atoms with Crippen molar-refractivity contribution in [3.63, 3.8) is 0 Å². The van der Waals surface area contributed by atoms with Crippen LogP contribution in [0.1, 0.15) is 5.56 Å². The summed E-state index contributed by atoms with van der Waals surface area (Å²) < 4.78 is 19.3. The number of carbonyl (C=O) groups is 1. The molecule has 0 aliphatic carbocycles. The minimum absolute atomic E-state index is 0.0198. The highest BCUT2D eigenvalue weighted by molar-refractivity contribution is 6.32. The number of rotatable bonds is 5. The van der Waals surface area contributed by atoms with E-state index in [2.05, 4.69) is 0 Å². The van der Waals surface area contributed by atoms with Crippen molar-refractivity contribution in [1.82, 2.24) is 5.01 Å². The molecule has 2 rings (SSSR count). The number of halogens is 2. The van der Waals surface area contributed by atoms with E-state index in [-0.39, 0.29) is 17.4 Å². The lowest BCUT2D eigenvalue weighted by Gasteiger charge is -2.18. The van der Waals surface area contributed by atoms with Crippen molar-refractivity contribution in [2.75, 3.05) is 19.1 Å². The van der Waals surface area contributed by atoms with Crippen molar-refractivity contribution in [2.45, 2.75) is 6.61 Å². The molecular weight excluding hydrogens is 351 g/mol. The van der Waals surface area contributed by atoms with Crippen LogP contribution in [0.3, 0.4) is 0 Å². The van der Waals surface area contributed by atoms with Gasteiger partial charge in [-0.2, -0.15) is 0 Å². The van der Waals surface area contributed by atoms with E-state index in [0.717, 1.165) is 5.01 Å². The predicted octanol–water partition coefficient (Wildman–Crippen LogP) is 2.02. The van der Waals surface area contributed by atoms with Crippen molar-refractivity contribution in [3.05, 3.63) is 52.8 Å². The maximum absolute atomic E-state index is 13.8. The van der Waals surface area contributed by atoms with Gasteiger partial charge in [0.1, 0.15) is 23.9 Å². The van der Waals surface area contributed by atoms with Gasteiger partial charge in [-0.15, -0.1) is 0 Å². The smallest absolute Gasteiger partial charge is 0.223 e. The van der Waals surface area contributed by atoms with Crippen molar-refractivity contribution < 1.29 is 19.0 Å². The zero-order valence-corrected chi connectivity index (χ0v) is 14.6. The minimum atomic E-state index is -0.408. The van der Waals surface area contributed by atoms with Gasteiger partial charge in [-0.25, -0.2) is 16.1 Å². The minimum Gasteiger partial charge on any atom is -0.508 e. The quantitative estimate of drug-likeness (QED) is 0.322. The number of hydrogen-bond donors (Lipinski definition) is 3. The van der Waals surface area contributed by atoms with Crippen molar-refractivity contribution in [1.29, 1.82) is 0 Å². The number of phenols is 1. The van der Waals surface area contributed by atoms with Crippen LogP contribution in [0, 0.1) is 5.82 Å². The molecule has 1 amide bonds. The fraction of sp³-hybridized carbons (Fsp3) is 0.188. The van der Waals surface area contributed by atoms with Gasteiger partial charge in [-0.05, 0) is 24.3 Å². The number of carbonyl (C=O) groups excluding carboxylic acids is 1. The van der Waals surface area contributed by atoms with E-state index in [4.69, 9.17) is 28.0 Å². The van der Waals surface area contributed by atoms with E-state index >= 15 is 0 Å². The lowest BCUT2D eigenvalue weighted by Crippen LogP contribution is -2.26. The third-order valence-electron chi connectivity index (χ3n) is 2.93. The van der Waals surface area contributed by atoms with Crippen LogP contribution in [-0.2, 0) is 11.4 Å². The third kappa shape index (κ3) is 6.46. The summed E-state index contributed by atoms with van der Waals surface area (Å²) in [7, 11) is 3.08. The highest BCUT2D eigenvalue weighted by Crippen LogP contribution is 2.30. The highest BCUT2D eigenvalue weighted by Gasteiger charge is 2.12. The Labute approximate surface area is 150 Å². The summed E-state index contributed by atoms with van der Waals surface area (Å²) in [5, 5.41) is 11.8. The maximum Gasteiger partial charge on any atom is 0.223 e. The number of ether oxygens (including phenoxy) is 1. The zero-order chi connectivity index (χ0) is 19.0. The number of anilines is 1. The summed E-state index contributed by atoms with van der Waals surface area (Å²) in [5.41, 5.74) is 0.863. The standard InChI is InChI=1S/C14H14ClFN2O2.C2H6N2O/c1-18(17)13-4-2-3-12(16)10(13)8-20-14-6-5-9(19)7-11(14)15;1-4(3)2-5/h2-7,19H,8,17H2,1H3;2H,3H2,1H3. The van der Waals surface area contributed by atoms with E-state index in [1.165, 1.54) is 36.3 Å². The van der Waals surface area contributed by atoms with Crippen LogP contribution in [0.5, 0.6) is 11.5 Å². The number of hydrazine groups is 2. The second-order valence-electron chi connectivity index (χ2n) is 5.02. The average Bonchev–Trinajstić information content (AvgIpc) is 2.55. The first kappa shape index (κ1) is 20.5. The summed E-state index contributed by atoms with van der Waals surface area (Å²) in [4.78, 5) is 9.31. The largest absolute Gasteiger partial charge is 0.508 e. The average molecular weight is 371 g/mol. The molecule has 136 valence electrons. The number of hydrogen-bond acceptors (Lipinski definition) is 6. The summed E-state index contributed by atoms with van der Waals surface area (Å²) >= 11 is 5.92. The Morgan fingerprint density at radius 1 is 1.28 bits per heavy atom. The van der Waals surface area contributed by atoms with E-state index in [0.29, 0.717) is 23.4 Å². The first-order chi connectivity index (χ1) is 11.8. The molecule has 0 fully saturated rings. The lowest BCUT2D eigenvalue weighted by atomic mass is 10.1. The van der Waals surface area contributed by atoms with Gasteiger partial charge in [-0.1, -0.05) is 17.7 Å². The van der Waals surface area contributed by atoms with Crippen LogP contribution in [0.25, 0.3) is 0 Å². The van der Waals surface area contributed by atoms with E-state index in [1.54, 1.807) is 19.2 Å². The second-order valence-corrected chi connectivity index (χ2v) is 5.43. The molecule has 25 heavy (non-hydrogen) atoms. The topological polar surface area (TPSA) is 105 Å². The van der Waals surface area contributed by atoms with Crippen molar-refractivity contribution in [2.24, 2.45) is 11.7 Å². The number of aromatic hydroxyl groups is 1. The molecule has 2 aromatic rings. The van der Waals surface area contributed by atoms with Crippen LogP contribution in [-0.4, -0.2) is 30.6 Å². The van der Waals surface area contributed by atoms with Gasteiger partial charge in [-0.3, -0.25) is 9.80 Å². The summed E-state index contributed by atoms with van der Waals surface area (Å²) in [6.07, 6.45) is 0.528. The molecule has 0 heterocycles. The molecule has 0 aliphatic rings. The molecule has 0 aliphatic heterocycles. The Bertz CT molecular complexity index is 714. The molecular formula is C16H20ClFN4O3. The van der Waals surface area contributed by atoms with Crippen LogP contribution < -0.4 is 21.4 Å². The fourth-order valence-electron chi connectivity index (χ4n) is 1.78. The van der Waals surface area contributed by atoms with Crippen LogP contribution >= 0.6 is 11.6 Å². The first-order valence-electron chi connectivity index (χ1n) is 7.06. The number of nitrogens with zero attached hydrogens (tertiary/aromatic N) is 2. The molecule has 0 spiro atoms. The first-order valence-corrected chi connectivity index (χ1v) is 7.44. The Morgan fingerprint density at radius 3 is 2.44 bits per heavy atom. The van der Waals surface area contributed by atoms with Crippen LogP contribution in [0.4, 0.5) is 10.1 Å². The molecule has 0 radical (unpaired) electrons.